The highest BCUT2D eigenvalue weighted by Crippen LogP contribution is 2.42. The van der Waals surface area contributed by atoms with Crippen molar-refractivity contribution in [3.05, 3.63) is 105 Å². The average Bonchev–Trinajstić information content (AvgIpc) is 3.10. The molecule has 0 bridgehead atoms. The van der Waals surface area contributed by atoms with Crippen LogP contribution >= 0.6 is 11.6 Å². The van der Waals surface area contributed by atoms with E-state index < -0.39 is 17.7 Å². The van der Waals surface area contributed by atoms with Crippen molar-refractivity contribution in [1.29, 1.82) is 0 Å². The Bertz CT molecular complexity index is 1400. The normalized spacial score (nSPS) is 17.4. The summed E-state index contributed by atoms with van der Waals surface area (Å²) in [6, 6.07) is 18.0. The SMILES string of the molecule is COc1cc(/C(O)=C2/C(=O)C(=O)N(Cc3cc(C)ccc3C)C2c2ccc(C(C)(C)C)cc2)ccc1Cl. The van der Waals surface area contributed by atoms with E-state index >= 15 is 0 Å². The molecule has 0 aromatic heterocycles. The van der Waals surface area contributed by atoms with Gasteiger partial charge < -0.3 is 14.7 Å². The number of carbonyl (C=O) groups is 2. The van der Waals surface area contributed by atoms with E-state index in [4.69, 9.17) is 16.3 Å². The minimum Gasteiger partial charge on any atom is -0.507 e. The van der Waals surface area contributed by atoms with Crippen molar-refractivity contribution < 1.29 is 19.4 Å². The van der Waals surface area contributed by atoms with Crippen LogP contribution in [-0.4, -0.2) is 28.8 Å². The van der Waals surface area contributed by atoms with E-state index in [0.29, 0.717) is 16.3 Å². The molecule has 1 N–H and O–H groups in total. The number of ketones is 1. The number of halogens is 1. The van der Waals surface area contributed by atoms with E-state index in [-0.39, 0.29) is 23.3 Å². The summed E-state index contributed by atoms with van der Waals surface area (Å²) in [6.45, 7) is 10.6. The van der Waals surface area contributed by atoms with Gasteiger partial charge in [0.15, 0.2) is 0 Å². The van der Waals surface area contributed by atoms with Crippen LogP contribution in [0.2, 0.25) is 5.02 Å². The number of hydrogen-bond donors (Lipinski definition) is 1. The maximum atomic E-state index is 13.4. The van der Waals surface area contributed by atoms with Gasteiger partial charge in [-0.05, 0) is 59.7 Å². The zero-order valence-electron chi connectivity index (χ0n) is 22.1. The Morgan fingerprint density at radius 2 is 1.68 bits per heavy atom. The zero-order valence-corrected chi connectivity index (χ0v) is 22.8. The minimum atomic E-state index is -0.754. The molecular weight excluding hydrogens is 486 g/mol. The van der Waals surface area contributed by atoms with Gasteiger partial charge >= 0.3 is 0 Å². The van der Waals surface area contributed by atoms with Gasteiger partial charge in [0.1, 0.15) is 11.5 Å². The van der Waals surface area contributed by atoms with Crippen molar-refractivity contribution in [3.8, 4) is 5.75 Å². The van der Waals surface area contributed by atoms with Gasteiger partial charge in [0.25, 0.3) is 11.7 Å². The fourth-order valence-corrected chi connectivity index (χ4v) is 4.87. The molecule has 1 fully saturated rings. The Morgan fingerprint density at radius 3 is 2.30 bits per heavy atom. The lowest BCUT2D eigenvalue weighted by atomic mass is 9.85. The summed E-state index contributed by atoms with van der Waals surface area (Å²) in [4.78, 5) is 28.4. The molecule has 1 unspecified atom stereocenters. The molecule has 6 heteroatoms. The highest BCUT2D eigenvalue weighted by atomic mass is 35.5. The second-order valence-electron chi connectivity index (χ2n) is 10.6. The fraction of sp³-hybridized carbons (Fsp3) is 0.290. The lowest BCUT2D eigenvalue weighted by molar-refractivity contribution is -0.140. The molecule has 5 nitrogen and oxygen atoms in total. The first kappa shape index (κ1) is 26.5. The molecule has 3 aromatic carbocycles. The number of aryl methyl sites for hydroxylation is 2. The molecule has 1 aliphatic heterocycles. The number of amides is 1. The van der Waals surface area contributed by atoms with Crippen molar-refractivity contribution in [3.63, 3.8) is 0 Å². The molecule has 3 aromatic rings. The lowest BCUT2D eigenvalue weighted by Crippen LogP contribution is -2.29. The number of ether oxygens (including phenoxy) is 1. The molecule has 0 spiro atoms. The number of aliphatic hydroxyl groups is 1. The first-order valence-electron chi connectivity index (χ1n) is 12.2. The first-order chi connectivity index (χ1) is 17.4. The van der Waals surface area contributed by atoms with Gasteiger partial charge in [0, 0.05) is 12.1 Å². The van der Waals surface area contributed by atoms with E-state index in [1.165, 1.54) is 7.11 Å². The molecule has 0 radical (unpaired) electrons. The minimum absolute atomic E-state index is 0.0446. The number of hydrogen-bond acceptors (Lipinski definition) is 4. The second kappa shape index (κ2) is 10.1. The van der Waals surface area contributed by atoms with Crippen LogP contribution in [0.25, 0.3) is 5.76 Å². The lowest BCUT2D eigenvalue weighted by Gasteiger charge is -2.27. The second-order valence-corrected chi connectivity index (χ2v) is 11.0. The highest BCUT2D eigenvalue weighted by molar-refractivity contribution is 6.46. The molecule has 0 aliphatic carbocycles. The third kappa shape index (κ3) is 5.14. The summed E-state index contributed by atoms with van der Waals surface area (Å²) in [5.74, 6) is -1.27. The van der Waals surface area contributed by atoms with E-state index in [1.807, 2.05) is 56.3 Å². The first-order valence-corrected chi connectivity index (χ1v) is 12.6. The van der Waals surface area contributed by atoms with Crippen molar-refractivity contribution in [2.75, 3.05) is 7.11 Å². The summed E-state index contributed by atoms with van der Waals surface area (Å²) in [5.41, 5.74) is 5.26. The molecule has 4 rings (SSSR count). The topological polar surface area (TPSA) is 66.8 Å². The van der Waals surface area contributed by atoms with Crippen molar-refractivity contribution in [1.82, 2.24) is 4.90 Å². The molecule has 37 heavy (non-hydrogen) atoms. The molecule has 192 valence electrons. The summed E-state index contributed by atoms with van der Waals surface area (Å²) in [6.07, 6.45) is 0. The molecule has 1 heterocycles. The van der Waals surface area contributed by atoms with Gasteiger partial charge in [0.2, 0.25) is 0 Å². The van der Waals surface area contributed by atoms with E-state index in [1.54, 1.807) is 23.1 Å². The Balaban J connectivity index is 1.89. The van der Waals surface area contributed by atoms with Crippen molar-refractivity contribution in [2.24, 2.45) is 0 Å². The van der Waals surface area contributed by atoms with Crippen LogP contribution in [0, 0.1) is 13.8 Å². The third-order valence-corrected chi connectivity index (χ3v) is 7.21. The van der Waals surface area contributed by atoms with Crippen LogP contribution in [0.3, 0.4) is 0 Å². The molecule has 1 aliphatic rings. The maximum absolute atomic E-state index is 13.4. The number of aliphatic hydroxyl groups excluding tert-OH is 1. The van der Waals surface area contributed by atoms with E-state index in [2.05, 4.69) is 20.8 Å². The molecule has 0 saturated carbocycles. The van der Waals surface area contributed by atoms with Gasteiger partial charge in [-0.25, -0.2) is 0 Å². The van der Waals surface area contributed by atoms with E-state index in [9.17, 15) is 14.7 Å². The number of nitrogens with zero attached hydrogens (tertiary/aromatic N) is 1. The van der Waals surface area contributed by atoms with Gasteiger partial charge in [-0.15, -0.1) is 0 Å². The summed E-state index contributed by atoms with van der Waals surface area (Å²) >= 11 is 6.18. The number of benzene rings is 3. The fourth-order valence-electron chi connectivity index (χ4n) is 4.67. The quantitative estimate of drug-likeness (QED) is 0.227. The number of carbonyl (C=O) groups excluding carboxylic acids is 2. The number of rotatable bonds is 5. The van der Waals surface area contributed by atoms with Crippen LogP contribution in [-0.2, 0) is 21.5 Å². The Kier molecular flexibility index (Phi) is 7.20. The number of Topliss-reactive ketones (excluding diaryl/α,β-unsaturated/α-hetero) is 1. The highest BCUT2D eigenvalue weighted by Gasteiger charge is 2.46. The predicted molar refractivity (Wildman–Crippen MR) is 147 cm³/mol. The monoisotopic (exact) mass is 517 g/mol. The standard InChI is InChI=1S/C31H32ClNO4/c1-18-7-8-19(2)22(15-18)17-33-27(20-9-12-23(13-10-20)31(3,4)5)26(29(35)30(33)36)28(34)21-11-14-24(32)25(16-21)37-6/h7-16,27,34H,17H2,1-6H3/b28-26-. The molecule has 1 amide bonds. The summed E-state index contributed by atoms with van der Waals surface area (Å²) in [7, 11) is 1.48. The number of likely N-dealkylation sites (tertiary alicyclic amines) is 1. The van der Waals surface area contributed by atoms with Crippen LogP contribution in [0.4, 0.5) is 0 Å². The average molecular weight is 518 g/mol. The van der Waals surface area contributed by atoms with Crippen LogP contribution in [0.1, 0.15) is 60.2 Å². The number of methoxy groups -OCH3 is 1. The van der Waals surface area contributed by atoms with Gasteiger partial charge in [-0.2, -0.15) is 0 Å². The predicted octanol–water partition coefficient (Wildman–Crippen LogP) is 6.88. The Labute approximate surface area is 223 Å². The van der Waals surface area contributed by atoms with Crippen LogP contribution in [0.15, 0.2) is 66.2 Å². The maximum Gasteiger partial charge on any atom is 0.295 e. The van der Waals surface area contributed by atoms with Crippen molar-refractivity contribution in [2.45, 2.75) is 52.6 Å². The van der Waals surface area contributed by atoms with Crippen molar-refractivity contribution >= 4 is 29.1 Å². The Hall–Kier alpha value is -3.57. The zero-order chi connectivity index (χ0) is 27.1. The largest absolute Gasteiger partial charge is 0.507 e. The van der Waals surface area contributed by atoms with Crippen LogP contribution in [0.5, 0.6) is 5.75 Å². The Morgan fingerprint density at radius 1 is 1.00 bits per heavy atom. The van der Waals surface area contributed by atoms with Gasteiger partial charge in [-0.3, -0.25) is 9.59 Å². The van der Waals surface area contributed by atoms with Gasteiger partial charge in [0.05, 0.1) is 23.7 Å². The molecule has 1 atom stereocenters. The summed E-state index contributed by atoms with van der Waals surface area (Å²) in [5, 5.41) is 11.8. The summed E-state index contributed by atoms with van der Waals surface area (Å²) < 4.78 is 5.30. The molecule has 1 saturated heterocycles. The smallest absolute Gasteiger partial charge is 0.295 e. The third-order valence-electron chi connectivity index (χ3n) is 6.90. The molecular formula is C31H32ClNO4. The van der Waals surface area contributed by atoms with Gasteiger partial charge in [-0.1, -0.05) is 80.4 Å². The van der Waals surface area contributed by atoms with Crippen LogP contribution < -0.4 is 4.74 Å². The van der Waals surface area contributed by atoms with E-state index in [0.717, 1.165) is 27.8 Å².